The van der Waals surface area contributed by atoms with Crippen LogP contribution < -0.4 is 0 Å². The number of aliphatic carboxylic acids is 1. The molecule has 1 N–H and O–H groups in total. The fourth-order valence-electron chi connectivity index (χ4n) is 2.92. The van der Waals surface area contributed by atoms with Gasteiger partial charge in [0.1, 0.15) is 5.15 Å². The Morgan fingerprint density at radius 2 is 1.83 bits per heavy atom. The van der Waals surface area contributed by atoms with Gasteiger partial charge in [-0.2, -0.15) is 0 Å². The van der Waals surface area contributed by atoms with Gasteiger partial charge in [0.2, 0.25) is 0 Å². The summed E-state index contributed by atoms with van der Waals surface area (Å²) in [6.07, 6.45) is 0. The minimum atomic E-state index is -3.99. The maximum atomic E-state index is 13.5. The van der Waals surface area contributed by atoms with Crippen molar-refractivity contribution >= 4 is 38.6 Å². The van der Waals surface area contributed by atoms with Gasteiger partial charge in [0.15, 0.2) is 5.60 Å². The SMILES string of the molecule is CC(C)c1ccc(S(=O)(=O)n2c(COC(C)(C)C(=O)O)cc3nc(Cl)ccc32)cc1. The smallest absolute Gasteiger partial charge is 0.335 e. The molecule has 0 aliphatic rings. The second-order valence-corrected chi connectivity index (χ2v) is 9.95. The molecule has 0 atom stereocenters. The zero-order valence-corrected chi connectivity index (χ0v) is 18.7. The average molecular weight is 451 g/mol. The van der Waals surface area contributed by atoms with Gasteiger partial charge < -0.3 is 9.84 Å². The predicted octanol–water partition coefficient (Wildman–Crippen LogP) is 4.43. The normalized spacial score (nSPS) is 12.6. The van der Waals surface area contributed by atoms with E-state index >= 15 is 0 Å². The first-order valence-electron chi connectivity index (χ1n) is 9.33. The third-order valence-electron chi connectivity index (χ3n) is 4.83. The van der Waals surface area contributed by atoms with Crippen LogP contribution in [0.5, 0.6) is 0 Å². The molecule has 0 radical (unpaired) electrons. The van der Waals surface area contributed by atoms with Gasteiger partial charge in [0.25, 0.3) is 10.0 Å². The van der Waals surface area contributed by atoms with Crippen LogP contribution in [-0.2, 0) is 26.2 Å². The van der Waals surface area contributed by atoms with Crippen molar-refractivity contribution in [2.24, 2.45) is 0 Å². The lowest BCUT2D eigenvalue weighted by Crippen LogP contribution is -2.34. The largest absolute Gasteiger partial charge is 0.479 e. The molecule has 9 heteroatoms. The molecular weight excluding hydrogens is 428 g/mol. The predicted molar refractivity (Wildman–Crippen MR) is 114 cm³/mol. The number of hydrogen-bond donors (Lipinski definition) is 1. The fraction of sp³-hybridized carbons (Fsp3) is 0.333. The summed E-state index contributed by atoms with van der Waals surface area (Å²) < 4.78 is 33.6. The van der Waals surface area contributed by atoms with E-state index in [2.05, 4.69) is 4.98 Å². The lowest BCUT2D eigenvalue weighted by Gasteiger charge is -2.21. The Bertz CT molecular complexity index is 1200. The molecular formula is C21H23ClN2O5S. The van der Waals surface area contributed by atoms with Crippen LogP contribution in [0.4, 0.5) is 0 Å². The van der Waals surface area contributed by atoms with E-state index in [0.717, 1.165) is 9.54 Å². The fourth-order valence-corrected chi connectivity index (χ4v) is 4.59. The van der Waals surface area contributed by atoms with Crippen LogP contribution in [0.3, 0.4) is 0 Å². The highest BCUT2D eigenvalue weighted by Crippen LogP contribution is 2.28. The molecule has 0 bridgehead atoms. The number of carbonyl (C=O) groups is 1. The Hall–Kier alpha value is -2.42. The molecule has 0 fully saturated rings. The average Bonchev–Trinajstić information content (AvgIpc) is 3.04. The van der Waals surface area contributed by atoms with Crippen LogP contribution in [0.25, 0.3) is 11.0 Å². The van der Waals surface area contributed by atoms with Crippen LogP contribution in [0.2, 0.25) is 5.15 Å². The molecule has 160 valence electrons. The van der Waals surface area contributed by atoms with Gasteiger partial charge in [-0.05, 0) is 55.7 Å². The summed E-state index contributed by atoms with van der Waals surface area (Å²) in [6.45, 7) is 6.61. The zero-order valence-electron chi connectivity index (χ0n) is 17.1. The maximum absolute atomic E-state index is 13.5. The lowest BCUT2D eigenvalue weighted by molar-refractivity contribution is -0.162. The number of carboxylic acid groups (broad SMARTS) is 1. The number of carboxylic acids is 1. The molecule has 2 heterocycles. The number of rotatable bonds is 7. The molecule has 1 aromatic carbocycles. The highest BCUT2D eigenvalue weighted by atomic mass is 35.5. The van der Waals surface area contributed by atoms with E-state index in [1.807, 2.05) is 13.8 Å². The molecule has 0 saturated heterocycles. The summed E-state index contributed by atoms with van der Waals surface area (Å²) >= 11 is 5.97. The van der Waals surface area contributed by atoms with Crippen molar-refractivity contribution in [1.29, 1.82) is 0 Å². The number of nitrogens with zero attached hydrogens (tertiary/aromatic N) is 2. The van der Waals surface area contributed by atoms with Crippen LogP contribution in [0, 0.1) is 0 Å². The monoisotopic (exact) mass is 450 g/mol. The molecule has 2 aromatic heterocycles. The van der Waals surface area contributed by atoms with Gasteiger partial charge in [-0.25, -0.2) is 22.2 Å². The van der Waals surface area contributed by atoms with Crippen molar-refractivity contribution in [2.45, 2.75) is 50.7 Å². The van der Waals surface area contributed by atoms with Crippen molar-refractivity contribution in [3.63, 3.8) is 0 Å². The Labute approximate surface area is 180 Å². The molecule has 0 unspecified atom stereocenters. The standard InChI is InChI=1S/C21H23ClN2O5S/c1-13(2)14-5-7-16(8-6-14)30(27,28)24-15(12-29-21(3,4)20(25)26)11-17-18(24)9-10-19(22)23-17/h5-11,13H,12H2,1-4H3,(H,25,26). The van der Waals surface area contributed by atoms with E-state index in [1.54, 1.807) is 36.4 Å². The number of aromatic nitrogens is 2. The molecule has 0 aliphatic heterocycles. The Morgan fingerprint density at radius 1 is 1.20 bits per heavy atom. The van der Waals surface area contributed by atoms with E-state index < -0.39 is 21.6 Å². The van der Waals surface area contributed by atoms with E-state index in [1.165, 1.54) is 19.9 Å². The molecule has 0 aliphatic carbocycles. The minimum absolute atomic E-state index is 0.109. The zero-order chi connectivity index (χ0) is 22.3. The highest BCUT2D eigenvalue weighted by Gasteiger charge is 2.30. The quantitative estimate of drug-likeness (QED) is 0.534. The van der Waals surface area contributed by atoms with Crippen LogP contribution >= 0.6 is 11.6 Å². The first kappa shape index (κ1) is 22.3. The molecule has 0 saturated carbocycles. The van der Waals surface area contributed by atoms with Crippen molar-refractivity contribution in [2.75, 3.05) is 0 Å². The van der Waals surface area contributed by atoms with Gasteiger partial charge in [-0.1, -0.05) is 37.6 Å². The van der Waals surface area contributed by atoms with Crippen molar-refractivity contribution in [1.82, 2.24) is 8.96 Å². The molecule has 7 nitrogen and oxygen atoms in total. The Balaban J connectivity index is 2.13. The van der Waals surface area contributed by atoms with E-state index in [9.17, 15) is 18.3 Å². The lowest BCUT2D eigenvalue weighted by atomic mass is 10.0. The number of pyridine rings is 1. The van der Waals surface area contributed by atoms with Gasteiger partial charge >= 0.3 is 5.97 Å². The van der Waals surface area contributed by atoms with Gasteiger partial charge in [0, 0.05) is 0 Å². The number of ether oxygens (including phenoxy) is 1. The van der Waals surface area contributed by atoms with Gasteiger partial charge in [-0.15, -0.1) is 0 Å². The van der Waals surface area contributed by atoms with Gasteiger partial charge in [-0.3, -0.25) is 0 Å². The number of hydrogen-bond acceptors (Lipinski definition) is 5. The van der Waals surface area contributed by atoms with E-state index in [4.69, 9.17) is 16.3 Å². The van der Waals surface area contributed by atoms with Crippen molar-refractivity contribution in [3.05, 3.63) is 58.9 Å². The summed E-state index contributed by atoms with van der Waals surface area (Å²) in [5, 5.41) is 9.51. The summed E-state index contributed by atoms with van der Waals surface area (Å²) in [6, 6.07) is 11.3. The highest BCUT2D eigenvalue weighted by molar-refractivity contribution is 7.90. The first-order chi connectivity index (χ1) is 13.9. The van der Waals surface area contributed by atoms with E-state index in [-0.39, 0.29) is 28.3 Å². The summed E-state index contributed by atoms with van der Waals surface area (Å²) in [5.74, 6) is -0.888. The molecule has 30 heavy (non-hydrogen) atoms. The Kier molecular flexibility index (Phi) is 5.95. The molecule has 0 spiro atoms. The third-order valence-corrected chi connectivity index (χ3v) is 6.82. The van der Waals surface area contributed by atoms with E-state index in [0.29, 0.717) is 11.0 Å². The van der Waals surface area contributed by atoms with Crippen LogP contribution in [-0.4, -0.2) is 34.1 Å². The molecule has 0 amide bonds. The second-order valence-electron chi connectivity index (χ2n) is 7.77. The van der Waals surface area contributed by atoms with Gasteiger partial charge in [0.05, 0.1) is 28.2 Å². The number of benzene rings is 1. The maximum Gasteiger partial charge on any atom is 0.335 e. The second kappa shape index (κ2) is 8.02. The minimum Gasteiger partial charge on any atom is -0.479 e. The topological polar surface area (TPSA) is 98.5 Å². The molecule has 3 aromatic rings. The number of fused-ring (bicyclic) bond motifs is 1. The third kappa shape index (κ3) is 4.21. The van der Waals surface area contributed by atoms with Crippen molar-refractivity contribution < 1.29 is 23.1 Å². The summed E-state index contributed by atoms with van der Waals surface area (Å²) in [7, 11) is -3.99. The number of halogens is 1. The summed E-state index contributed by atoms with van der Waals surface area (Å²) in [5.41, 5.74) is 0.485. The molecule has 3 rings (SSSR count). The van der Waals surface area contributed by atoms with Crippen LogP contribution in [0.1, 0.15) is 44.9 Å². The van der Waals surface area contributed by atoms with Crippen molar-refractivity contribution in [3.8, 4) is 0 Å². The first-order valence-corrected chi connectivity index (χ1v) is 11.1. The van der Waals surface area contributed by atoms with Crippen LogP contribution in [0.15, 0.2) is 47.4 Å². The Morgan fingerprint density at radius 3 is 2.40 bits per heavy atom. The summed E-state index contributed by atoms with van der Waals surface area (Å²) in [4.78, 5) is 15.7.